The molecule has 5 rings (SSSR count). The van der Waals surface area contributed by atoms with E-state index in [4.69, 9.17) is 23.3 Å². The summed E-state index contributed by atoms with van der Waals surface area (Å²) < 4.78 is 73.5. The number of aromatic nitrogens is 4. The van der Waals surface area contributed by atoms with Gasteiger partial charge in [0.25, 0.3) is 5.92 Å². The lowest BCUT2D eigenvalue weighted by molar-refractivity contribution is -0.146. The second kappa shape index (κ2) is 15.1. The Morgan fingerprint density at radius 1 is 1.12 bits per heavy atom. The highest BCUT2D eigenvalue weighted by Gasteiger charge is 2.54. The SMILES string of the molecule is CC(C)C[C@H]1NP(=O)(Oc2ccccc2)OC[C@H]2O[C@@H](n3cnc4c(ncnc43)OCC(F)(F)CCCCCCOC1=O)[C@](C)(O)[C@@H]2O. The highest BCUT2D eigenvalue weighted by Crippen LogP contribution is 2.47. The zero-order valence-electron chi connectivity index (χ0n) is 27.0. The van der Waals surface area contributed by atoms with Crippen LogP contribution in [0.25, 0.3) is 11.2 Å². The number of esters is 1. The molecule has 264 valence electrons. The van der Waals surface area contributed by atoms with Crippen molar-refractivity contribution < 1.29 is 51.6 Å². The Balaban J connectivity index is 1.46. The number of hydrogen-bond donors (Lipinski definition) is 3. The minimum Gasteiger partial charge on any atom is -0.470 e. The van der Waals surface area contributed by atoms with E-state index in [-0.39, 0.29) is 48.2 Å². The summed E-state index contributed by atoms with van der Waals surface area (Å²) in [7, 11) is -4.37. The summed E-state index contributed by atoms with van der Waals surface area (Å²) in [4.78, 5) is 25.6. The number of alkyl halides is 2. The number of para-hydroxylation sites is 1. The molecule has 2 aliphatic heterocycles. The van der Waals surface area contributed by atoms with Crippen molar-refractivity contribution in [3.8, 4) is 11.6 Å². The van der Waals surface area contributed by atoms with Gasteiger partial charge in [-0.15, -0.1) is 0 Å². The maximum absolute atomic E-state index is 14.7. The number of carbonyl (C=O) groups is 1. The van der Waals surface area contributed by atoms with Gasteiger partial charge in [-0.05, 0) is 44.2 Å². The Labute approximate surface area is 276 Å². The van der Waals surface area contributed by atoms with E-state index < -0.39 is 69.4 Å². The maximum atomic E-state index is 14.7. The minimum atomic E-state index is -4.37. The average Bonchev–Trinajstić information content (AvgIpc) is 3.55. The Bertz CT molecular complexity index is 1580. The smallest absolute Gasteiger partial charge is 0.459 e. The number of nitrogens with zero attached hydrogens (tertiary/aromatic N) is 4. The number of cyclic esters (lactones) is 1. The summed E-state index contributed by atoms with van der Waals surface area (Å²) >= 11 is 0. The summed E-state index contributed by atoms with van der Waals surface area (Å²) in [6, 6.07) is 7.10. The Morgan fingerprint density at radius 3 is 2.62 bits per heavy atom. The molecular formula is C31H42F2N5O9P. The van der Waals surface area contributed by atoms with Crippen LogP contribution in [0.4, 0.5) is 8.78 Å². The number of rotatable bonds is 4. The van der Waals surface area contributed by atoms with Gasteiger partial charge in [0.15, 0.2) is 24.0 Å². The number of benzene rings is 1. The number of nitrogens with one attached hydrogen (secondary N) is 1. The third-order valence-corrected chi connectivity index (χ3v) is 9.68. The van der Waals surface area contributed by atoms with Crippen LogP contribution in [0.5, 0.6) is 11.6 Å². The number of ether oxygens (including phenoxy) is 3. The van der Waals surface area contributed by atoms with Crippen LogP contribution in [0.15, 0.2) is 43.0 Å². The van der Waals surface area contributed by atoms with Crippen LogP contribution in [0.1, 0.15) is 65.5 Å². The van der Waals surface area contributed by atoms with Crippen molar-refractivity contribution in [2.45, 2.75) is 95.3 Å². The van der Waals surface area contributed by atoms with Crippen molar-refractivity contribution in [3.05, 3.63) is 43.0 Å². The first-order valence-corrected chi connectivity index (χ1v) is 17.5. The predicted molar refractivity (Wildman–Crippen MR) is 167 cm³/mol. The van der Waals surface area contributed by atoms with Gasteiger partial charge in [-0.2, -0.15) is 10.1 Å². The van der Waals surface area contributed by atoms with Crippen LogP contribution >= 0.6 is 7.75 Å². The summed E-state index contributed by atoms with van der Waals surface area (Å²) in [5.74, 6) is -3.86. The summed E-state index contributed by atoms with van der Waals surface area (Å²) in [6.45, 7) is 3.64. The van der Waals surface area contributed by atoms with Gasteiger partial charge in [-0.3, -0.25) is 13.9 Å². The molecule has 14 nitrogen and oxygen atoms in total. The van der Waals surface area contributed by atoms with Gasteiger partial charge in [0.1, 0.15) is 35.9 Å². The molecule has 1 aromatic carbocycles. The van der Waals surface area contributed by atoms with Gasteiger partial charge in [-0.1, -0.05) is 44.9 Å². The summed E-state index contributed by atoms with van der Waals surface area (Å²) in [5, 5.41) is 25.3. The highest BCUT2D eigenvalue weighted by molar-refractivity contribution is 7.52. The molecule has 0 spiro atoms. The Hall–Kier alpha value is -3.27. The molecule has 0 aliphatic carbocycles. The molecule has 1 saturated heterocycles. The van der Waals surface area contributed by atoms with E-state index in [0.29, 0.717) is 19.3 Å². The minimum absolute atomic E-state index is 0.0290. The van der Waals surface area contributed by atoms with E-state index in [1.807, 2.05) is 13.8 Å². The van der Waals surface area contributed by atoms with Crippen LogP contribution in [0.3, 0.4) is 0 Å². The fraction of sp³-hybridized carbons (Fsp3) is 0.613. The molecule has 0 amide bonds. The number of aliphatic hydroxyl groups is 2. The highest BCUT2D eigenvalue weighted by atomic mass is 31.2. The van der Waals surface area contributed by atoms with Crippen LogP contribution < -0.4 is 14.3 Å². The molecule has 1 unspecified atom stereocenters. The van der Waals surface area contributed by atoms with E-state index in [9.17, 15) is 28.4 Å². The quantitative estimate of drug-likeness (QED) is 0.256. The second-order valence-corrected chi connectivity index (χ2v) is 14.4. The van der Waals surface area contributed by atoms with Gasteiger partial charge in [0.05, 0.1) is 19.5 Å². The fourth-order valence-corrected chi connectivity index (χ4v) is 7.10. The Morgan fingerprint density at radius 2 is 1.88 bits per heavy atom. The van der Waals surface area contributed by atoms with Crippen molar-refractivity contribution in [2.24, 2.45) is 5.92 Å². The van der Waals surface area contributed by atoms with Crippen molar-refractivity contribution >= 4 is 24.9 Å². The fourth-order valence-electron chi connectivity index (χ4n) is 5.59. The van der Waals surface area contributed by atoms with E-state index in [1.165, 1.54) is 17.8 Å². The van der Waals surface area contributed by atoms with E-state index in [1.54, 1.807) is 30.3 Å². The van der Waals surface area contributed by atoms with Crippen LogP contribution in [-0.2, 0) is 23.4 Å². The first-order chi connectivity index (χ1) is 22.8. The zero-order valence-corrected chi connectivity index (χ0v) is 27.9. The third kappa shape index (κ3) is 8.65. The van der Waals surface area contributed by atoms with Gasteiger partial charge in [-0.25, -0.2) is 23.3 Å². The van der Waals surface area contributed by atoms with Gasteiger partial charge < -0.3 is 28.9 Å². The number of imidazole rings is 1. The lowest BCUT2D eigenvalue weighted by atomic mass is 9.96. The molecule has 2 aromatic heterocycles. The van der Waals surface area contributed by atoms with E-state index in [0.717, 1.165) is 6.33 Å². The normalized spacial score (nSPS) is 31.0. The van der Waals surface area contributed by atoms with Crippen molar-refractivity contribution in [1.29, 1.82) is 0 Å². The number of carbonyl (C=O) groups excluding carboxylic acids is 1. The van der Waals surface area contributed by atoms with Crippen LogP contribution in [0.2, 0.25) is 0 Å². The van der Waals surface area contributed by atoms with E-state index in [2.05, 4.69) is 20.0 Å². The molecule has 0 saturated carbocycles. The van der Waals surface area contributed by atoms with Crippen molar-refractivity contribution in [1.82, 2.24) is 24.6 Å². The first-order valence-electron chi connectivity index (χ1n) is 16.0. The first kappa shape index (κ1) is 36.0. The molecule has 6 atom stereocenters. The van der Waals surface area contributed by atoms with Gasteiger partial charge in [0, 0.05) is 6.42 Å². The topological polar surface area (TPSA) is 176 Å². The molecule has 48 heavy (non-hydrogen) atoms. The van der Waals surface area contributed by atoms with Gasteiger partial charge >= 0.3 is 13.7 Å². The van der Waals surface area contributed by atoms with Crippen molar-refractivity contribution in [3.63, 3.8) is 0 Å². The lowest BCUT2D eigenvalue weighted by Gasteiger charge is -2.28. The average molecular weight is 698 g/mol. The predicted octanol–water partition coefficient (Wildman–Crippen LogP) is 4.57. The lowest BCUT2D eigenvalue weighted by Crippen LogP contribution is -2.44. The van der Waals surface area contributed by atoms with Crippen LogP contribution in [-0.4, -0.2) is 85.3 Å². The van der Waals surface area contributed by atoms with Crippen LogP contribution in [0, 0.1) is 5.92 Å². The molecule has 1 fully saturated rings. The summed E-state index contributed by atoms with van der Waals surface area (Å²) in [6.07, 6.45) is -0.309. The molecule has 4 heterocycles. The zero-order chi connectivity index (χ0) is 34.5. The molecule has 6 bridgehead atoms. The number of fused-ring (bicyclic) bond motifs is 3. The standard InChI is InChI=1S/C31H42F2N5O9P/c1-20(2)15-22-28(40)43-14-10-5-4-9-13-31(32,33)17-44-27-24-26(34-18-35-27)38(19-36-24)29-30(3,41)25(39)23(46-29)16-45-48(42,37-22)47-21-11-7-6-8-12-21/h6-8,11-12,18-20,22-23,25,29,39,41H,4-5,9-10,13-17H2,1-3H3,(H,37,42)/t22-,23-,25-,29-,30-,48?/m1/s1. The molecule has 2 aliphatic rings. The molecular weight excluding hydrogens is 655 g/mol. The second-order valence-electron chi connectivity index (χ2n) is 12.7. The largest absolute Gasteiger partial charge is 0.470 e. The van der Waals surface area contributed by atoms with Crippen molar-refractivity contribution in [2.75, 3.05) is 19.8 Å². The molecule has 3 N–H and O–H groups in total. The number of halogens is 2. The Kier molecular flexibility index (Phi) is 11.3. The maximum Gasteiger partial charge on any atom is 0.459 e. The number of aliphatic hydroxyl groups excluding tert-OH is 1. The summed E-state index contributed by atoms with van der Waals surface area (Å²) in [5.41, 5.74) is -1.82. The third-order valence-electron chi connectivity index (χ3n) is 8.12. The molecule has 3 aromatic rings. The molecule has 17 heteroatoms. The monoisotopic (exact) mass is 697 g/mol. The molecule has 0 radical (unpaired) electrons. The van der Waals surface area contributed by atoms with Gasteiger partial charge in [0.2, 0.25) is 5.88 Å². The number of hydrogen-bond acceptors (Lipinski definition) is 12. The van der Waals surface area contributed by atoms with E-state index >= 15 is 0 Å².